The molecule has 0 aromatic carbocycles. The maximum absolute atomic E-state index is 12.5. The van der Waals surface area contributed by atoms with Crippen LogP contribution in [0.25, 0.3) is 11.3 Å². The molecule has 4 rings (SSSR count). The van der Waals surface area contributed by atoms with Gasteiger partial charge in [0.25, 0.3) is 5.91 Å². The van der Waals surface area contributed by atoms with Gasteiger partial charge in [-0.3, -0.25) is 4.79 Å². The second kappa shape index (κ2) is 6.99. The molecular weight excluding hydrogens is 348 g/mol. The highest BCUT2D eigenvalue weighted by atomic mass is 32.1. The van der Waals surface area contributed by atoms with E-state index in [1.165, 1.54) is 11.3 Å². The average molecular weight is 368 g/mol. The molecule has 0 unspecified atom stereocenters. The van der Waals surface area contributed by atoms with Gasteiger partial charge in [0.05, 0.1) is 21.8 Å². The Bertz CT molecular complexity index is 912. The van der Waals surface area contributed by atoms with E-state index in [9.17, 15) is 4.79 Å². The Balaban J connectivity index is 1.54. The summed E-state index contributed by atoms with van der Waals surface area (Å²) in [5.74, 6) is 1.86. The van der Waals surface area contributed by atoms with Gasteiger partial charge in [-0.2, -0.15) is 0 Å². The molecule has 1 aliphatic heterocycles. The highest BCUT2D eigenvalue weighted by Crippen LogP contribution is 2.34. The quantitative estimate of drug-likeness (QED) is 0.702. The minimum absolute atomic E-state index is 0.128. The summed E-state index contributed by atoms with van der Waals surface area (Å²) < 4.78 is 5.44. The van der Waals surface area contributed by atoms with Crippen molar-refractivity contribution in [3.63, 3.8) is 0 Å². The van der Waals surface area contributed by atoms with E-state index >= 15 is 0 Å². The summed E-state index contributed by atoms with van der Waals surface area (Å²) in [5, 5.41) is 5.92. The number of amides is 1. The molecule has 7 heteroatoms. The van der Waals surface area contributed by atoms with Crippen molar-refractivity contribution in [1.82, 2.24) is 20.0 Å². The number of hydrogen-bond acceptors (Lipinski definition) is 6. The predicted octanol–water partition coefficient (Wildman–Crippen LogP) is 3.83. The zero-order chi connectivity index (χ0) is 18.1. The fourth-order valence-corrected chi connectivity index (χ4v) is 4.08. The Morgan fingerprint density at radius 2 is 2.12 bits per heavy atom. The number of carbonyl (C=O) groups is 1. The van der Waals surface area contributed by atoms with Crippen molar-refractivity contribution in [2.24, 2.45) is 0 Å². The topological polar surface area (TPSA) is 72.1 Å². The third-order valence-corrected chi connectivity index (χ3v) is 5.59. The predicted molar refractivity (Wildman–Crippen MR) is 99.2 cm³/mol. The van der Waals surface area contributed by atoms with Gasteiger partial charge in [-0.1, -0.05) is 11.2 Å². The summed E-state index contributed by atoms with van der Waals surface area (Å²) in [6.07, 6.45) is 3.59. The average Bonchev–Trinajstić information content (AvgIpc) is 3.33. The maximum atomic E-state index is 12.5. The standard InChI is InChI=1S/C19H20N4O2S/c1-12-10-16(25-22-12)15-11-20-13(2)21-18(15)14-5-7-23(8-6-14)19(24)17-4-3-9-26-17/h3-4,9-11,14H,5-8H2,1-2H3. The summed E-state index contributed by atoms with van der Waals surface area (Å²) in [4.78, 5) is 24.3. The van der Waals surface area contributed by atoms with Crippen LogP contribution in [0.4, 0.5) is 0 Å². The van der Waals surface area contributed by atoms with E-state index < -0.39 is 0 Å². The van der Waals surface area contributed by atoms with Crippen LogP contribution in [-0.4, -0.2) is 39.0 Å². The largest absolute Gasteiger partial charge is 0.356 e. The number of hydrogen-bond donors (Lipinski definition) is 0. The summed E-state index contributed by atoms with van der Waals surface area (Å²) in [6, 6.07) is 5.71. The smallest absolute Gasteiger partial charge is 0.263 e. The zero-order valence-electron chi connectivity index (χ0n) is 14.8. The Morgan fingerprint density at radius 3 is 2.77 bits per heavy atom. The zero-order valence-corrected chi connectivity index (χ0v) is 15.6. The molecule has 0 spiro atoms. The first-order valence-corrected chi connectivity index (χ1v) is 9.60. The first kappa shape index (κ1) is 16.9. The minimum Gasteiger partial charge on any atom is -0.356 e. The number of thiophene rings is 1. The molecule has 134 valence electrons. The molecule has 1 saturated heterocycles. The number of rotatable bonds is 3. The Morgan fingerprint density at radius 1 is 1.31 bits per heavy atom. The van der Waals surface area contributed by atoms with E-state index in [2.05, 4.69) is 10.1 Å². The molecule has 6 nitrogen and oxygen atoms in total. The molecule has 0 saturated carbocycles. The van der Waals surface area contributed by atoms with Crippen molar-refractivity contribution in [2.75, 3.05) is 13.1 Å². The van der Waals surface area contributed by atoms with Crippen molar-refractivity contribution < 1.29 is 9.32 Å². The molecular formula is C19H20N4O2S. The maximum Gasteiger partial charge on any atom is 0.263 e. The summed E-state index contributed by atoms with van der Waals surface area (Å²) >= 11 is 1.49. The number of aromatic nitrogens is 3. The second-order valence-electron chi connectivity index (χ2n) is 6.59. The SMILES string of the molecule is Cc1cc(-c2cnc(C)nc2C2CCN(C(=O)c3cccs3)CC2)on1. The fraction of sp³-hybridized carbons (Fsp3) is 0.368. The fourth-order valence-electron chi connectivity index (χ4n) is 3.39. The van der Waals surface area contributed by atoms with E-state index in [1.807, 2.05) is 48.5 Å². The summed E-state index contributed by atoms with van der Waals surface area (Å²) in [5.41, 5.74) is 2.74. The van der Waals surface area contributed by atoms with Gasteiger partial charge in [-0.15, -0.1) is 11.3 Å². The van der Waals surface area contributed by atoms with Crippen molar-refractivity contribution >= 4 is 17.2 Å². The lowest BCUT2D eigenvalue weighted by atomic mass is 9.90. The molecule has 0 bridgehead atoms. The van der Waals surface area contributed by atoms with E-state index in [0.29, 0.717) is 5.76 Å². The van der Waals surface area contributed by atoms with Crippen molar-refractivity contribution in [3.05, 3.63) is 51.9 Å². The molecule has 1 amide bonds. The van der Waals surface area contributed by atoms with Crippen molar-refractivity contribution in [3.8, 4) is 11.3 Å². The van der Waals surface area contributed by atoms with Gasteiger partial charge in [-0.05, 0) is 38.1 Å². The van der Waals surface area contributed by atoms with Crippen LogP contribution in [0.1, 0.15) is 45.6 Å². The van der Waals surface area contributed by atoms with Gasteiger partial charge < -0.3 is 9.42 Å². The molecule has 0 N–H and O–H groups in total. The van der Waals surface area contributed by atoms with Crippen LogP contribution in [-0.2, 0) is 0 Å². The van der Waals surface area contributed by atoms with E-state index in [1.54, 1.807) is 0 Å². The lowest BCUT2D eigenvalue weighted by molar-refractivity contribution is 0.0717. The minimum atomic E-state index is 0.128. The normalized spacial score (nSPS) is 15.4. The van der Waals surface area contributed by atoms with Crippen LogP contribution >= 0.6 is 11.3 Å². The lowest BCUT2D eigenvalue weighted by Crippen LogP contribution is -2.37. The van der Waals surface area contributed by atoms with Gasteiger partial charge in [0, 0.05) is 31.3 Å². The number of aryl methyl sites for hydroxylation is 2. The van der Waals surface area contributed by atoms with Gasteiger partial charge in [-0.25, -0.2) is 9.97 Å². The monoisotopic (exact) mass is 368 g/mol. The lowest BCUT2D eigenvalue weighted by Gasteiger charge is -2.32. The molecule has 1 fully saturated rings. The van der Waals surface area contributed by atoms with Crippen LogP contribution in [0.3, 0.4) is 0 Å². The number of likely N-dealkylation sites (tertiary alicyclic amines) is 1. The first-order chi connectivity index (χ1) is 12.6. The number of carbonyl (C=O) groups excluding carboxylic acids is 1. The number of piperidine rings is 1. The molecule has 1 aliphatic rings. The van der Waals surface area contributed by atoms with Gasteiger partial charge >= 0.3 is 0 Å². The molecule has 0 radical (unpaired) electrons. The van der Waals surface area contributed by atoms with Crippen LogP contribution in [0.5, 0.6) is 0 Å². The molecule has 0 atom stereocenters. The van der Waals surface area contributed by atoms with Crippen molar-refractivity contribution in [1.29, 1.82) is 0 Å². The van der Waals surface area contributed by atoms with Crippen molar-refractivity contribution in [2.45, 2.75) is 32.6 Å². The van der Waals surface area contributed by atoms with Gasteiger partial charge in [0.15, 0.2) is 5.76 Å². The summed E-state index contributed by atoms with van der Waals surface area (Å²) in [7, 11) is 0. The number of nitrogens with zero attached hydrogens (tertiary/aromatic N) is 4. The van der Waals surface area contributed by atoms with Crippen LogP contribution in [0, 0.1) is 13.8 Å². The van der Waals surface area contributed by atoms with E-state index in [4.69, 9.17) is 9.51 Å². The highest BCUT2D eigenvalue weighted by Gasteiger charge is 2.28. The first-order valence-electron chi connectivity index (χ1n) is 8.72. The van der Waals surface area contributed by atoms with Gasteiger partial charge in [0.2, 0.25) is 0 Å². The molecule has 3 aromatic rings. The third-order valence-electron chi connectivity index (χ3n) is 4.73. The molecule has 26 heavy (non-hydrogen) atoms. The third kappa shape index (κ3) is 3.26. The Hall–Kier alpha value is -2.54. The van der Waals surface area contributed by atoms with Crippen LogP contribution in [0.15, 0.2) is 34.3 Å². The van der Waals surface area contributed by atoms with E-state index in [-0.39, 0.29) is 11.8 Å². The molecule has 0 aliphatic carbocycles. The second-order valence-corrected chi connectivity index (χ2v) is 7.54. The Kier molecular flexibility index (Phi) is 4.55. The van der Waals surface area contributed by atoms with E-state index in [0.717, 1.165) is 53.6 Å². The van der Waals surface area contributed by atoms with Crippen LogP contribution < -0.4 is 0 Å². The summed E-state index contributed by atoms with van der Waals surface area (Å²) in [6.45, 7) is 5.27. The molecule has 4 heterocycles. The Labute approximate surface area is 155 Å². The van der Waals surface area contributed by atoms with Gasteiger partial charge in [0.1, 0.15) is 5.82 Å². The molecule has 3 aromatic heterocycles. The highest BCUT2D eigenvalue weighted by molar-refractivity contribution is 7.12. The van der Waals surface area contributed by atoms with Crippen LogP contribution in [0.2, 0.25) is 0 Å².